The first-order chi connectivity index (χ1) is 27.0. The van der Waals surface area contributed by atoms with Crippen molar-refractivity contribution in [3.05, 3.63) is 187 Å². The molecule has 1 aliphatic carbocycles. The lowest BCUT2D eigenvalue weighted by atomic mass is 9.82. The highest BCUT2D eigenvalue weighted by Gasteiger charge is 2.38. The molecule has 55 heavy (non-hydrogen) atoms. The van der Waals surface area contributed by atoms with Gasteiger partial charge < -0.3 is 4.42 Å². The van der Waals surface area contributed by atoms with Crippen LogP contribution in [0.4, 0.5) is 17.3 Å². The molecule has 2 heterocycles. The minimum absolute atomic E-state index is 0.166. The van der Waals surface area contributed by atoms with Crippen LogP contribution >= 0.6 is 0 Å². The summed E-state index contributed by atoms with van der Waals surface area (Å²) in [6.45, 7) is 4.65. The average Bonchev–Trinajstić information content (AvgIpc) is 3.73. The summed E-state index contributed by atoms with van der Waals surface area (Å²) < 4.78 is 6.45. The molecule has 0 spiro atoms. The number of fused-ring (bicyclic) bond motifs is 8. The maximum Gasteiger partial charge on any atom is 0.235 e. The Morgan fingerprint density at radius 2 is 1.13 bits per heavy atom. The molecule has 4 nitrogen and oxygen atoms in total. The van der Waals surface area contributed by atoms with Gasteiger partial charge in [-0.25, -0.2) is 9.97 Å². The van der Waals surface area contributed by atoms with E-state index in [-0.39, 0.29) is 5.41 Å². The SMILES string of the molecule is CC1(C)c2ccccc2-c2c(N(c3ccc(-c4cccc5c4oc4ccccc45)cc3)c3nc(-c4cccc5ccccc45)c4ccccc4n3)cccc21. The van der Waals surface area contributed by atoms with E-state index >= 15 is 0 Å². The molecule has 0 atom stereocenters. The Hall–Kier alpha value is -7.04. The number of hydrogen-bond donors (Lipinski definition) is 0. The molecule has 2 aromatic heterocycles. The summed E-state index contributed by atoms with van der Waals surface area (Å²) >= 11 is 0. The van der Waals surface area contributed by atoms with E-state index in [2.05, 4.69) is 183 Å². The smallest absolute Gasteiger partial charge is 0.235 e. The monoisotopic (exact) mass is 705 g/mol. The molecule has 0 N–H and O–H groups in total. The summed E-state index contributed by atoms with van der Waals surface area (Å²) in [6, 6.07) is 62.2. The van der Waals surface area contributed by atoms with Crippen molar-refractivity contribution >= 4 is 60.9 Å². The van der Waals surface area contributed by atoms with Crippen molar-refractivity contribution < 1.29 is 4.42 Å². The van der Waals surface area contributed by atoms with Crippen molar-refractivity contribution in [1.29, 1.82) is 0 Å². The lowest BCUT2D eigenvalue weighted by molar-refractivity contribution is 0.660. The standard InChI is InChI=1S/C51H35N3O/c1-51(2)42-23-8-5-18-40(42)47-43(51)24-13-26-45(47)54(34-30-28-33(29-31-34)36-20-12-22-39-37-17-7-10-27-46(37)55-49(36)39)50-52-44-25-9-6-19-41(44)48(53-50)38-21-11-15-32-14-3-4-16-35(32)38/h3-31H,1-2H3. The van der Waals surface area contributed by atoms with E-state index in [1.165, 1.54) is 27.6 Å². The average molecular weight is 706 g/mol. The number of para-hydroxylation sites is 3. The van der Waals surface area contributed by atoms with Gasteiger partial charge in [-0.3, -0.25) is 4.90 Å². The molecule has 0 aliphatic heterocycles. The molecule has 0 radical (unpaired) electrons. The number of hydrogen-bond acceptors (Lipinski definition) is 4. The maximum atomic E-state index is 6.45. The third-order valence-corrected chi connectivity index (χ3v) is 11.5. The van der Waals surface area contributed by atoms with Crippen LogP contribution in [0.25, 0.3) is 77.1 Å². The molecule has 8 aromatic carbocycles. The number of aromatic nitrogens is 2. The highest BCUT2D eigenvalue weighted by Crippen LogP contribution is 2.54. The molecule has 0 amide bonds. The van der Waals surface area contributed by atoms with Gasteiger partial charge in [-0.05, 0) is 63.4 Å². The van der Waals surface area contributed by atoms with Crippen LogP contribution in [-0.4, -0.2) is 9.97 Å². The van der Waals surface area contributed by atoms with E-state index in [9.17, 15) is 0 Å². The minimum Gasteiger partial charge on any atom is -0.455 e. The molecule has 0 bridgehead atoms. The summed E-state index contributed by atoms with van der Waals surface area (Å²) in [7, 11) is 0. The summed E-state index contributed by atoms with van der Waals surface area (Å²) in [5, 5.41) is 5.59. The molecular formula is C51H35N3O. The highest BCUT2D eigenvalue weighted by atomic mass is 16.3. The fourth-order valence-electron chi connectivity index (χ4n) is 8.85. The van der Waals surface area contributed by atoms with Crippen LogP contribution < -0.4 is 4.90 Å². The Labute approximate surface area is 319 Å². The van der Waals surface area contributed by atoms with E-state index in [4.69, 9.17) is 14.4 Å². The molecule has 260 valence electrons. The number of furan rings is 1. The predicted molar refractivity (Wildman–Crippen MR) is 227 cm³/mol. The predicted octanol–water partition coefficient (Wildman–Crippen LogP) is 13.8. The second-order valence-corrected chi connectivity index (χ2v) is 14.9. The Morgan fingerprint density at radius 3 is 2.02 bits per heavy atom. The molecule has 10 aromatic rings. The van der Waals surface area contributed by atoms with E-state index in [1.807, 2.05) is 12.1 Å². The lowest BCUT2D eigenvalue weighted by Gasteiger charge is -2.28. The maximum absolute atomic E-state index is 6.45. The second kappa shape index (κ2) is 12.0. The zero-order valence-electron chi connectivity index (χ0n) is 30.5. The third-order valence-electron chi connectivity index (χ3n) is 11.5. The highest BCUT2D eigenvalue weighted by molar-refractivity contribution is 6.10. The number of benzene rings is 8. The Kier molecular flexibility index (Phi) is 6.86. The van der Waals surface area contributed by atoms with E-state index in [1.54, 1.807) is 0 Å². The van der Waals surface area contributed by atoms with Gasteiger partial charge in [0.2, 0.25) is 5.95 Å². The van der Waals surface area contributed by atoms with Gasteiger partial charge in [0.15, 0.2) is 0 Å². The first-order valence-corrected chi connectivity index (χ1v) is 18.8. The fraction of sp³-hybridized carbons (Fsp3) is 0.0588. The van der Waals surface area contributed by atoms with Crippen LogP contribution in [0.5, 0.6) is 0 Å². The van der Waals surface area contributed by atoms with Gasteiger partial charge in [0, 0.05) is 44.0 Å². The van der Waals surface area contributed by atoms with Crippen LogP contribution in [0.1, 0.15) is 25.0 Å². The van der Waals surface area contributed by atoms with E-state index < -0.39 is 0 Å². The molecule has 0 fully saturated rings. The molecule has 0 saturated heterocycles. The molecule has 0 unspecified atom stereocenters. The largest absolute Gasteiger partial charge is 0.455 e. The molecule has 1 aliphatic rings. The first-order valence-electron chi connectivity index (χ1n) is 18.8. The third kappa shape index (κ3) is 4.78. The van der Waals surface area contributed by atoms with Gasteiger partial charge in [0.25, 0.3) is 0 Å². The number of rotatable bonds is 5. The molecule has 4 heteroatoms. The van der Waals surface area contributed by atoms with Crippen molar-refractivity contribution in [1.82, 2.24) is 9.97 Å². The Morgan fingerprint density at radius 1 is 0.491 bits per heavy atom. The van der Waals surface area contributed by atoms with Crippen LogP contribution in [-0.2, 0) is 5.41 Å². The number of anilines is 3. The Balaban J connectivity index is 1.16. The van der Waals surface area contributed by atoms with Gasteiger partial charge >= 0.3 is 0 Å². The van der Waals surface area contributed by atoms with Crippen LogP contribution in [0.2, 0.25) is 0 Å². The minimum atomic E-state index is -0.166. The second-order valence-electron chi connectivity index (χ2n) is 14.9. The quantitative estimate of drug-likeness (QED) is 0.179. The zero-order chi connectivity index (χ0) is 36.7. The summed E-state index contributed by atoms with van der Waals surface area (Å²) in [4.78, 5) is 13.1. The summed E-state index contributed by atoms with van der Waals surface area (Å²) in [5.74, 6) is 0.615. The zero-order valence-corrected chi connectivity index (χ0v) is 30.5. The van der Waals surface area contributed by atoms with Crippen LogP contribution in [0, 0.1) is 0 Å². The van der Waals surface area contributed by atoms with Gasteiger partial charge in [-0.1, -0.05) is 159 Å². The molecular weight excluding hydrogens is 671 g/mol. The fourth-order valence-corrected chi connectivity index (χ4v) is 8.85. The van der Waals surface area contributed by atoms with Gasteiger partial charge in [0.1, 0.15) is 11.2 Å². The van der Waals surface area contributed by atoms with Crippen molar-refractivity contribution in [3.63, 3.8) is 0 Å². The lowest BCUT2D eigenvalue weighted by Crippen LogP contribution is -2.17. The molecule has 0 saturated carbocycles. The number of nitrogens with zero attached hydrogens (tertiary/aromatic N) is 3. The van der Waals surface area contributed by atoms with Gasteiger partial charge in [0.05, 0.1) is 16.9 Å². The first kappa shape index (κ1) is 31.5. The van der Waals surface area contributed by atoms with Crippen molar-refractivity contribution in [2.45, 2.75) is 19.3 Å². The summed E-state index contributed by atoms with van der Waals surface area (Å²) in [5.41, 5.74) is 13.7. The van der Waals surface area contributed by atoms with Crippen molar-refractivity contribution in [3.8, 4) is 33.5 Å². The van der Waals surface area contributed by atoms with E-state index in [0.717, 1.165) is 72.0 Å². The van der Waals surface area contributed by atoms with Crippen molar-refractivity contribution in [2.75, 3.05) is 4.90 Å². The Bertz CT molecular complexity index is 3130. The van der Waals surface area contributed by atoms with Gasteiger partial charge in [-0.2, -0.15) is 0 Å². The van der Waals surface area contributed by atoms with E-state index in [0.29, 0.717) is 5.95 Å². The van der Waals surface area contributed by atoms with Crippen LogP contribution in [0.3, 0.4) is 0 Å². The topological polar surface area (TPSA) is 42.2 Å². The van der Waals surface area contributed by atoms with Gasteiger partial charge in [-0.15, -0.1) is 0 Å². The molecule has 11 rings (SSSR count). The normalized spacial score (nSPS) is 13.1. The van der Waals surface area contributed by atoms with Crippen LogP contribution in [0.15, 0.2) is 180 Å². The summed E-state index contributed by atoms with van der Waals surface area (Å²) in [6.07, 6.45) is 0. The van der Waals surface area contributed by atoms with Crippen molar-refractivity contribution in [2.24, 2.45) is 0 Å².